The molecule has 1 aromatic heterocycles. The van der Waals surface area contributed by atoms with Gasteiger partial charge in [-0.15, -0.1) is 0 Å². The third-order valence-corrected chi connectivity index (χ3v) is 7.62. The molecule has 0 unspecified atom stereocenters. The van der Waals surface area contributed by atoms with Gasteiger partial charge >= 0.3 is 0 Å². The van der Waals surface area contributed by atoms with Crippen molar-refractivity contribution < 1.29 is 18.7 Å². The van der Waals surface area contributed by atoms with Gasteiger partial charge in [0, 0.05) is 45.9 Å². The van der Waals surface area contributed by atoms with E-state index in [-0.39, 0.29) is 17.6 Å². The largest absolute Gasteiger partial charge is 0.341 e. The lowest BCUT2D eigenvalue weighted by molar-refractivity contribution is -0.130. The number of carbonyl (C=O) groups excluding carboxylic acids is 2. The van der Waals surface area contributed by atoms with E-state index in [0.29, 0.717) is 19.4 Å². The van der Waals surface area contributed by atoms with Crippen molar-refractivity contribution in [3.63, 3.8) is 0 Å². The predicted molar refractivity (Wildman–Crippen MR) is 146 cm³/mol. The number of anilines is 1. The number of fused-ring (bicyclic) bond motifs is 1. The molecule has 192 valence electrons. The Labute approximate surface area is 228 Å². The third-order valence-electron chi connectivity index (χ3n) is 7.09. The third kappa shape index (κ3) is 4.66. The second kappa shape index (κ2) is 9.85. The van der Waals surface area contributed by atoms with E-state index in [1.165, 1.54) is 12.1 Å². The number of nitrogens with zero attached hydrogens (tertiary/aromatic N) is 2. The molecule has 3 heterocycles. The minimum atomic E-state index is -0.594. The zero-order chi connectivity index (χ0) is 26.4. The van der Waals surface area contributed by atoms with E-state index < -0.39 is 12.3 Å². The second-order valence-corrected chi connectivity index (χ2v) is 10.6. The zero-order valence-electron chi connectivity index (χ0n) is 20.7. The van der Waals surface area contributed by atoms with Gasteiger partial charge in [-0.3, -0.25) is 9.59 Å². The highest BCUT2D eigenvalue weighted by Crippen LogP contribution is 2.39. The summed E-state index contributed by atoms with van der Waals surface area (Å²) in [5.41, 5.74) is 6.34. The molecular formula is C30H25BrFN3O3. The van der Waals surface area contributed by atoms with Gasteiger partial charge in [0.2, 0.25) is 5.91 Å². The lowest BCUT2D eigenvalue weighted by atomic mass is 10.0. The molecule has 0 saturated carbocycles. The van der Waals surface area contributed by atoms with Gasteiger partial charge in [0.1, 0.15) is 11.9 Å². The number of hydrogen-bond acceptors (Lipinski definition) is 3. The van der Waals surface area contributed by atoms with Crippen LogP contribution in [0, 0.1) is 5.82 Å². The molecular weight excluding hydrogens is 549 g/mol. The summed E-state index contributed by atoms with van der Waals surface area (Å²) in [6.07, 6.45) is 3.80. The first-order valence-corrected chi connectivity index (χ1v) is 13.3. The van der Waals surface area contributed by atoms with Crippen LogP contribution < -0.4 is 5.32 Å². The summed E-state index contributed by atoms with van der Waals surface area (Å²) < 4.78 is 22.9. The Morgan fingerprint density at radius 3 is 2.55 bits per heavy atom. The fourth-order valence-electron chi connectivity index (χ4n) is 5.11. The maximum atomic E-state index is 13.7. The Hall–Kier alpha value is -3.75. The highest BCUT2D eigenvalue weighted by atomic mass is 79.9. The van der Waals surface area contributed by atoms with Crippen molar-refractivity contribution in [1.82, 2.24) is 9.47 Å². The molecule has 6 nitrogen and oxygen atoms in total. The van der Waals surface area contributed by atoms with Crippen LogP contribution in [0.3, 0.4) is 0 Å². The van der Waals surface area contributed by atoms with E-state index in [2.05, 4.69) is 21.2 Å². The molecule has 0 bridgehead atoms. The van der Waals surface area contributed by atoms with Gasteiger partial charge in [0.05, 0.1) is 6.42 Å². The fraction of sp³-hybridized carbons (Fsp3) is 0.200. The molecule has 1 N–H and O–H groups in total. The highest BCUT2D eigenvalue weighted by molar-refractivity contribution is 9.10. The van der Waals surface area contributed by atoms with E-state index in [1.54, 1.807) is 24.0 Å². The average molecular weight is 574 g/mol. The van der Waals surface area contributed by atoms with Crippen LogP contribution in [0.15, 0.2) is 83.6 Å². The Kier molecular flexibility index (Phi) is 6.37. The fourth-order valence-corrected chi connectivity index (χ4v) is 5.37. The van der Waals surface area contributed by atoms with Gasteiger partial charge in [-0.2, -0.15) is 0 Å². The maximum absolute atomic E-state index is 13.7. The molecule has 38 heavy (non-hydrogen) atoms. The lowest BCUT2D eigenvalue weighted by Crippen LogP contribution is -2.32. The molecule has 2 aliphatic heterocycles. The molecule has 1 saturated heterocycles. The summed E-state index contributed by atoms with van der Waals surface area (Å²) in [4.78, 5) is 26.7. The van der Waals surface area contributed by atoms with Crippen LogP contribution in [0.1, 0.15) is 29.8 Å². The lowest BCUT2D eigenvalue weighted by Gasteiger charge is -2.24. The molecule has 0 radical (unpaired) electrons. The van der Waals surface area contributed by atoms with E-state index >= 15 is 0 Å². The Morgan fingerprint density at radius 1 is 1.03 bits per heavy atom. The number of ether oxygens (including phenoxy) is 1. The van der Waals surface area contributed by atoms with Crippen LogP contribution in [0.5, 0.6) is 0 Å². The molecule has 0 aliphatic carbocycles. The Morgan fingerprint density at radius 2 is 1.79 bits per heavy atom. The molecule has 3 aromatic carbocycles. The van der Waals surface area contributed by atoms with Crippen LogP contribution in [0.4, 0.5) is 10.1 Å². The van der Waals surface area contributed by atoms with Crippen molar-refractivity contribution in [3.05, 3.63) is 106 Å². The topological polar surface area (TPSA) is 63.6 Å². The van der Waals surface area contributed by atoms with Crippen LogP contribution in [-0.4, -0.2) is 33.9 Å². The van der Waals surface area contributed by atoms with E-state index in [1.807, 2.05) is 59.4 Å². The summed E-state index contributed by atoms with van der Waals surface area (Å²) in [7, 11) is 0. The highest BCUT2D eigenvalue weighted by Gasteiger charge is 2.40. The summed E-state index contributed by atoms with van der Waals surface area (Å²) in [6, 6.07) is 20.2. The number of carbonyl (C=O) groups is 2. The number of nitrogens with one attached hydrogen (secondary N) is 1. The van der Waals surface area contributed by atoms with Crippen molar-refractivity contribution in [1.29, 1.82) is 0 Å². The monoisotopic (exact) mass is 573 g/mol. The average Bonchev–Trinajstić information content (AvgIpc) is 3.58. The first-order valence-electron chi connectivity index (χ1n) is 12.5. The van der Waals surface area contributed by atoms with Gasteiger partial charge in [0.15, 0.2) is 6.23 Å². The summed E-state index contributed by atoms with van der Waals surface area (Å²) in [5, 5.41) is 2.89. The normalized spacial score (nSPS) is 18.7. The van der Waals surface area contributed by atoms with Crippen LogP contribution in [0.2, 0.25) is 0 Å². The zero-order valence-corrected chi connectivity index (χ0v) is 22.2. The first kappa shape index (κ1) is 24.6. The minimum Gasteiger partial charge on any atom is -0.341 e. The van der Waals surface area contributed by atoms with Crippen molar-refractivity contribution >= 4 is 33.4 Å². The van der Waals surface area contributed by atoms with Gasteiger partial charge in [-0.1, -0.05) is 40.2 Å². The van der Waals surface area contributed by atoms with Gasteiger partial charge in [-0.25, -0.2) is 4.39 Å². The summed E-state index contributed by atoms with van der Waals surface area (Å²) in [5.74, 6) is -0.389. The number of halogens is 2. The van der Waals surface area contributed by atoms with Crippen molar-refractivity contribution in [2.24, 2.45) is 0 Å². The van der Waals surface area contributed by atoms with Gasteiger partial charge < -0.3 is 19.5 Å². The van der Waals surface area contributed by atoms with Gasteiger partial charge in [-0.05, 0) is 72.5 Å². The number of rotatable bonds is 6. The summed E-state index contributed by atoms with van der Waals surface area (Å²) >= 11 is 3.48. The number of amides is 2. The molecule has 4 aromatic rings. The number of benzene rings is 3. The van der Waals surface area contributed by atoms with Crippen LogP contribution >= 0.6 is 15.9 Å². The smallest absolute Gasteiger partial charge is 0.253 e. The molecule has 6 rings (SSSR count). The Balaban J connectivity index is 1.34. The molecule has 0 spiro atoms. The van der Waals surface area contributed by atoms with Crippen LogP contribution in [-0.2, 0) is 27.2 Å². The molecule has 8 heteroatoms. The second-order valence-electron chi connectivity index (χ2n) is 9.65. The van der Waals surface area contributed by atoms with Gasteiger partial charge in [0.25, 0.3) is 5.91 Å². The molecule has 2 aliphatic rings. The quantitative estimate of drug-likeness (QED) is 0.306. The minimum absolute atomic E-state index is 0.00207. The SMILES string of the molecule is C[C@H]1O[C@@H](c2cn(-c3ccc(Br)cc3)cc2-c2ccc(F)cc2)N(CCc2ccc3c(c2)NC(=O)C3)C1=O. The Bertz CT molecular complexity index is 1530. The summed E-state index contributed by atoms with van der Waals surface area (Å²) in [6.45, 7) is 2.22. The molecule has 2 atom stereocenters. The maximum Gasteiger partial charge on any atom is 0.253 e. The molecule has 2 amide bonds. The van der Waals surface area contributed by atoms with E-state index in [4.69, 9.17) is 4.74 Å². The van der Waals surface area contributed by atoms with Crippen molar-refractivity contribution in [2.45, 2.75) is 32.1 Å². The molecule has 1 fully saturated rings. The standard InChI is InChI=1S/C30H25BrFN3O3/c1-18-29(37)35(13-12-19-2-3-21-15-28(36)33-27(21)14-19)30(38-18)26-17-34(24-10-6-22(31)7-11-24)16-25(26)20-4-8-23(32)9-5-20/h2-11,14,16-18,30H,12-13,15H2,1H3,(H,33,36)/t18-,30+/m1/s1. The van der Waals surface area contributed by atoms with E-state index in [0.717, 1.165) is 43.7 Å². The van der Waals surface area contributed by atoms with Crippen LogP contribution in [0.25, 0.3) is 16.8 Å². The number of aromatic nitrogens is 1. The van der Waals surface area contributed by atoms with Crippen molar-refractivity contribution in [2.75, 3.05) is 11.9 Å². The first-order chi connectivity index (χ1) is 18.4. The van der Waals surface area contributed by atoms with E-state index in [9.17, 15) is 14.0 Å². The predicted octanol–water partition coefficient (Wildman–Crippen LogP) is 6.03. The number of hydrogen-bond donors (Lipinski definition) is 1. The van der Waals surface area contributed by atoms with Crippen molar-refractivity contribution in [3.8, 4) is 16.8 Å².